The maximum absolute atomic E-state index is 11.3. The molecule has 0 saturated carbocycles. The Morgan fingerprint density at radius 3 is 2.23 bits per heavy atom. The van der Waals surface area contributed by atoms with Gasteiger partial charge in [0.1, 0.15) is 0 Å². The first-order valence-corrected chi connectivity index (χ1v) is 4.58. The average Bonchev–Trinajstić information content (AvgIpc) is 1.95. The first-order valence-electron chi connectivity index (χ1n) is 4.20. The van der Waals surface area contributed by atoms with Crippen LogP contribution < -0.4 is 5.56 Å². The smallest absolute Gasteiger partial charge is 0.250 e. The van der Waals surface area contributed by atoms with E-state index in [1.54, 1.807) is 17.7 Å². The molecule has 1 aromatic heterocycles. The summed E-state index contributed by atoms with van der Waals surface area (Å²) in [5.41, 5.74) is 0.752. The molecule has 0 N–H and O–H groups in total. The van der Waals surface area contributed by atoms with Gasteiger partial charge in [-0.3, -0.25) is 4.79 Å². The van der Waals surface area contributed by atoms with Crippen molar-refractivity contribution in [1.82, 2.24) is 4.57 Å². The van der Waals surface area contributed by atoms with E-state index in [1.807, 2.05) is 20.8 Å². The zero-order valence-electron chi connectivity index (χ0n) is 8.39. The van der Waals surface area contributed by atoms with Gasteiger partial charge >= 0.3 is 0 Å². The fourth-order valence-electron chi connectivity index (χ4n) is 1.47. The Kier molecular flexibility index (Phi) is 2.53. The molecule has 0 amide bonds. The van der Waals surface area contributed by atoms with Crippen molar-refractivity contribution in [3.8, 4) is 0 Å². The van der Waals surface area contributed by atoms with Crippen molar-refractivity contribution in [1.29, 1.82) is 0 Å². The van der Waals surface area contributed by atoms with Crippen LogP contribution in [0, 0.1) is 0 Å². The van der Waals surface area contributed by atoms with Crippen LogP contribution in [0.25, 0.3) is 0 Å². The molecule has 1 heterocycles. The Morgan fingerprint density at radius 1 is 1.31 bits per heavy atom. The number of hydrogen-bond donors (Lipinski definition) is 0. The Hall–Kier alpha value is -0.760. The van der Waals surface area contributed by atoms with Crippen LogP contribution >= 0.6 is 11.6 Å². The van der Waals surface area contributed by atoms with E-state index in [1.165, 1.54) is 6.07 Å². The summed E-state index contributed by atoms with van der Waals surface area (Å²) in [4.78, 5) is 11.3. The monoisotopic (exact) mass is 199 g/mol. The zero-order valence-corrected chi connectivity index (χ0v) is 9.14. The summed E-state index contributed by atoms with van der Waals surface area (Å²) in [5, 5.41) is 0.648. The molecule has 0 aliphatic heterocycles. The van der Waals surface area contributed by atoms with E-state index in [4.69, 9.17) is 11.6 Å². The van der Waals surface area contributed by atoms with E-state index in [9.17, 15) is 4.79 Å². The van der Waals surface area contributed by atoms with E-state index in [0.717, 1.165) is 5.69 Å². The summed E-state index contributed by atoms with van der Waals surface area (Å²) >= 11 is 6.03. The number of rotatable bonds is 0. The molecule has 0 aromatic carbocycles. The van der Waals surface area contributed by atoms with Crippen LogP contribution in [0.2, 0.25) is 5.02 Å². The third-order valence-corrected chi connectivity index (χ3v) is 2.28. The lowest BCUT2D eigenvalue weighted by atomic mass is 9.91. The van der Waals surface area contributed by atoms with Gasteiger partial charge in [-0.1, -0.05) is 32.4 Å². The molecule has 0 aliphatic carbocycles. The quantitative estimate of drug-likeness (QED) is 0.629. The maximum Gasteiger partial charge on any atom is 0.250 e. The lowest BCUT2D eigenvalue weighted by Crippen LogP contribution is -2.27. The Bertz CT molecular complexity index is 373. The van der Waals surface area contributed by atoms with Crippen LogP contribution in [-0.4, -0.2) is 4.57 Å². The summed E-state index contributed by atoms with van der Waals surface area (Å²) < 4.78 is 1.60. The Balaban J connectivity index is 3.52. The van der Waals surface area contributed by atoms with Crippen molar-refractivity contribution >= 4 is 11.6 Å². The summed E-state index contributed by atoms with van der Waals surface area (Å²) in [6.45, 7) is 6.11. The van der Waals surface area contributed by atoms with Crippen molar-refractivity contribution < 1.29 is 0 Å². The zero-order chi connectivity index (χ0) is 10.2. The highest BCUT2D eigenvalue weighted by Crippen LogP contribution is 2.27. The Labute approximate surface area is 83.2 Å². The first kappa shape index (κ1) is 10.3. The van der Waals surface area contributed by atoms with Crippen molar-refractivity contribution in [2.24, 2.45) is 7.05 Å². The minimum atomic E-state index is -0.105. The van der Waals surface area contributed by atoms with Crippen LogP contribution in [0.5, 0.6) is 0 Å². The topological polar surface area (TPSA) is 22.0 Å². The highest BCUT2D eigenvalue weighted by molar-refractivity contribution is 6.31. The maximum atomic E-state index is 11.3. The van der Waals surface area contributed by atoms with Gasteiger partial charge in [-0.15, -0.1) is 0 Å². The second-order valence-corrected chi connectivity index (χ2v) is 4.58. The molecule has 0 unspecified atom stereocenters. The van der Waals surface area contributed by atoms with Gasteiger partial charge in [-0.2, -0.15) is 0 Å². The summed E-state index contributed by atoms with van der Waals surface area (Å²) in [7, 11) is 1.74. The molecule has 0 atom stereocenters. The van der Waals surface area contributed by atoms with Gasteiger partial charge in [0.15, 0.2) is 0 Å². The molecule has 2 nitrogen and oxygen atoms in total. The van der Waals surface area contributed by atoms with Crippen molar-refractivity contribution in [3.63, 3.8) is 0 Å². The van der Waals surface area contributed by atoms with E-state index in [0.29, 0.717) is 5.02 Å². The lowest BCUT2D eigenvalue weighted by molar-refractivity contribution is 0.531. The highest BCUT2D eigenvalue weighted by Gasteiger charge is 2.20. The molecule has 72 valence electrons. The van der Waals surface area contributed by atoms with E-state index in [2.05, 4.69) is 0 Å². The minimum Gasteiger partial charge on any atom is -0.314 e. The number of halogens is 1. The van der Waals surface area contributed by atoms with Crippen molar-refractivity contribution in [2.75, 3.05) is 0 Å². The fourth-order valence-corrected chi connectivity index (χ4v) is 1.94. The molecular weight excluding hydrogens is 186 g/mol. The summed E-state index contributed by atoms with van der Waals surface area (Å²) in [6.07, 6.45) is 0. The predicted molar refractivity (Wildman–Crippen MR) is 55.4 cm³/mol. The number of nitrogens with zero attached hydrogens (tertiary/aromatic N) is 1. The van der Waals surface area contributed by atoms with Crippen LogP contribution in [0.1, 0.15) is 26.5 Å². The molecule has 0 saturated heterocycles. The molecule has 0 fully saturated rings. The minimum absolute atomic E-state index is 0.0191. The molecule has 13 heavy (non-hydrogen) atoms. The van der Waals surface area contributed by atoms with Crippen molar-refractivity contribution in [3.05, 3.63) is 33.2 Å². The van der Waals surface area contributed by atoms with Gasteiger partial charge in [-0.25, -0.2) is 0 Å². The second kappa shape index (κ2) is 3.18. The Morgan fingerprint density at radius 2 is 1.85 bits per heavy atom. The third kappa shape index (κ3) is 1.94. The van der Waals surface area contributed by atoms with Gasteiger partial charge in [0.25, 0.3) is 5.56 Å². The van der Waals surface area contributed by atoms with Gasteiger partial charge in [-0.05, 0) is 6.07 Å². The SMILES string of the molecule is Cn1c(C(C)(C)C)c(Cl)ccc1=O. The van der Waals surface area contributed by atoms with Crippen LogP contribution in [0.4, 0.5) is 0 Å². The highest BCUT2D eigenvalue weighted by atomic mass is 35.5. The second-order valence-electron chi connectivity index (χ2n) is 4.18. The fraction of sp³-hybridized carbons (Fsp3) is 0.500. The molecule has 0 radical (unpaired) electrons. The van der Waals surface area contributed by atoms with Gasteiger partial charge < -0.3 is 4.57 Å². The summed E-state index contributed by atoms with van der Waals surface area (Å²) in [6, 6.07) is 3.14. The van der Waals surface area contributed by atoms with Crippen LogP contribution in [0.3, 0.4) is 0 Å². The van der Waals surface area contributed by atoms with Crippen molar-refractivity contribution in [2.45, 2.75) is 26.2 Å². The average molecular weight is 200 g/mol. The predicted octanol–water partition coefficient (Wildman–Crippen LogP) is 2.34. The molecule has 0 bridgehead atoms. The molecule has 0 spiro atoms. The first-order chi connectivity index (χ1) is 5.84. The lowest BCUT2D eigenvalue weighted by Gasteiger charge is -2.23. The van der Waals surface area contributed by atoms with E-state index < -0.39 is 0 Å². The van der Waals surface area contributed by atoms with Crippen LogP contribution in [0.15, 0.2) is 16.9 Å². The van der Waals surface area contributed by atoms with Crippen LogP contribution in [-0.2, 0) is 12.5 Å². The molecule has 1 aromatic rings. The van der Waals surface area contributed by atoms with Gasteiger partial charge in [0.05, 0.1) is 5.02 Å². The van der Waals surface area contributed by atoms with E-state index in [-0.39, 0.29) is 11.0 Å². The van der Waals surface area contributed by atoms with Gasteiger partial charge in [0.2, 0.25) is 0 Å². The largest absolute Gasteiger partial charge is 0.314 e. The number of aromatic nitrogens is 1. The summed E-state index contributed by atoms with van der Waals surface area (Å²) in [5.74, 6) is 0. The number of hydrogen-bond acceptors (Lipinski definition) is 1. The van der Waals surface area contributed by atoms with E-state index >= 15 is 0 Å². The molecular formula is C10H14ClNO. The molecule has 3 heteroatoms. The molecule has 1 rings (SSSR count). The van der Waals surface area contributed by atoms with Gasteiger partial charge in [0, 0.05) is 24.2 Å². The normalized spacial score (nSPS) is 11.8. The number of pyridine rings is 1. The standard InChI is InChI=1S/C10H14ClNO/c1-10(2,3)9-7(11)5-6-8(13)12(9)4/h5-6H,1-4H3. The third-order valence-electron chi connectivity index (χ3n) is 1.97. The molecule has 0 aliphatic rings.